The van der Waals surface area contributed by atoms with Gasteiger partial charge in [-0.2, -0.15) is 0 Å². The lowest BCUT2D eigenvalue weighted by molar-refractivity contribution is -0.123. The van der Waals surface area contributed by atoms with Crippen LogP contribution < -0.4 is 9.47 Å². The lowest BCUT2D eigenvalue weighted by atomic mass is 9.89. The van der Waals surface area contributed by atoms with Crippen molar-refractivity contribution in [2.24, 2.45) is 0 Å². The van der Waals surface area contributed by atoms with Gasteiger partial charge in [-0.15, -0.1) is 0 Å². The Labute approximate surface area is 220 Å². The van der Waals surface area contributed by atoms with Crippen molar-refractivity contribution in [2.45, 2.75) is 83.7 Å². The van der Waals surface area contributed by atoms with Crippen molar-refractivity contribution in [3.63, 3.8) is 0 Å². The summed E-state index contributed by atoms with van der Waals surface area (Å²) in [7, 11) is 0. The van der Waals surface area contributed by atoms with Crippen molar-refractivity contribution >= 4 is 17.9 Å². The molecule has 3 aromatic carbocycles. The minimum atomic E-state index is -0.642. The number of unbranched alkanes of at least 4 members (excludes halogenated alkanes) is 2. The summed E-state index contributed by atoms with van der Waals surface area (Å²) >= 11 is 5.98. The fourth-order valence-corrected chi connectivity index (χ4v) is 5.09. The fraction of sp³-hybridized carbons (Fsp3) is 0.406. The summed E-state index contributed by atoms with van der Waals surface area (Å²) in [4.78, 5) is 11.6. The standard InChI is InChI=1S/C32H37ClO3/c1-3-8-27-22-30(35-29-17-14-28(33)15-18-29)16-13-25(27)10-7-5-6-9-24-11-12-26-19-20-32(4-2,23-34)36-31(26)21-24/h11-18,21-23H,3-10,19-20H2,1-2H3. The van der Waals surface area contributed by atoms with E-state index in [4.69, 9.17) is 21.1 Å². The quantitative estimate of drug-likeness (QED) is 0.183. The van der Waals surface area contributed by atoms with Crippen LogP contribution in [0, 0.1) is 0 Å². The Balaban J connectivity index is 1.29. The fourth-order valence-electron chi connectivity index (χ4n) is 4.96. The predicted octanol–water partition coefficient (Wildman–Crippen LogP) is 8.71. The molecule has 36 heavy (non-hydrogen) atoms. The van der Waals surface area contributed by atoms with Gasteiger partial charge in [0.05, 0.1) is 0 Å². The molecular formula is C32H37ClO3. The molecule has 1 heterocycles. The monoisotopic (exact) mass is 504 g/mol. The van der Waals surface area contributed by atoms with Crippen LogP contribution >= 0.6 is 11.6 Å². The Kier molecular flexibility index (Phi) is 9.09. The Morgan fingerprint density at radius 1 is 0.889 bits per heavy atom. The second kappa shape index (κ2) is 12.5. The highest BCUT2D eigenvalue weighted by molar-refractivity contribution is 6.30. The summed E-state index contributed by atoms with van der Waals surface area (Å²) < 4.78 is 12.2. The van der Waals surface area contributed by atoms with Gasteiger partial charge in [0.25, 0.3) is 0 Å². The third kappa shape index (κ3) is 6.70. The van der Waals surface area contributed by atoms with Crippen molar-refractivity contribution in [1.29, 1.82) is 0 Å². The molecule has 4 heteroatoms. The van der Waals surface area contributed by atoms with Gasteiger partial charge in [-0.3, -0.25) is 4.79 Å². The molecule has 190 valence electrons. The zero-order valence-electron chi connectivity index (χ0n) is 21.5. The van der Waals surface area contributed by atoms with E-state index < -0.39 is 5.60 Å². The number of aldehydes is 1. The summed E-state index contributed by atoms with van der Waals surface area (Å²) in [5.74, 6) is 2.58. The third-order valence-corrected chi connectivity index (χ3v) is 7.49. The number of fused-ring (bicyclic) bond motifs is 1. The van der Waals surface area contributed by atoms with Gasteiger partial charge in [-0.05, 0) is 116 Å². The van der Waals surface area contributed by atoms with Crippen molar-refractivity contribution in [2.75, 3.05) is 0 Å². The van der Waals surface area contributed by atoms with E-state index in [1.54, 1.807) is 0 Å². The molecule has 0 saturated heterocycles. The molecule has 0 radical (unpaired) electrons. The average molecular weight is 505 g/mol. The van der Waals surface area contributed by atoms with Gasteiger partial charge in [0.2, 0.25) is 0 Å². The highest BCUT2D eigenvalue weighted by Gasteiger charge is 2.34. The number of benzene rings is 3. The summed E-state index contributed by atoms with van der Waals surface area (Å²) in [5, 5.41) is 0.709. The number of carbonyl (C=O) groups is 1. The second-order valence-corrected chi connectivity index (χ2v) is 10.3. The van der Waals surface area contributed by atoms with Gasteiger partial charge in [-0.1, -0.05) is 56.5 Å². The van der Waals surface area contributed by atoms with Crippen LogP contribution in [0.1, 0.15) is 74.6 Å². The molecule has 0 saturated carbocycles. The van der Waals surface area contributed by atoms with E-state index in [1.165, 1.54) is 35.1 Å². The van der Waals surface area contributed by atoms with E-state index in [0.29, 0.717) is 11.4 Å². The van der Waals surface area contributed by atoms with Gasteiger partial charge in [0.15, 0.2) is 11.9 Å². The predicted molar refractivity (Wildman–Crippen MR) is 148 cm³/mol. The van der Waals surface area contributed by atoms with E-state index in [-0.39, 0.29) is 0 Å². The Bertz CT molecular complexity index is 1150. The molecule has 0 fully saturated rings. The number of ether oxygens (including phenoxy) is 2. The molecule has 3 aromatic rings. The Morgan fingerprint density at radius 3 is 2.42 bits per heavy atom. The van der Waals surface area contributed by atoms with E-state index in [0.717, 1.165) is 68.5 Å². The third-order valence-electron chi connectivity index (χ3n) is 7.23. The molecule has 0 spiro atoms. The molecule has 0 aromatic heterocycles. The molecule has 0 N–H and O–H groups in total. The zero-order chi connectivity index (χ0) is 25.4. The summed E-state index contributed by atoms with van der Waals surface area (Å²) in [6.07, 6.45) is 11.2. The van der Waals surface area contributed by atoms with Crippen LogP contribution in [0.3, 0.4) is 0 Å². The van der Waals surface area contributed by atoms with Crippen molar-refractivity contribution in [3.8, 4) is 17.2 Å². The first-order chi connectivity index (χ1) is 17.5. The summed E-state index contributed by atoms with van der Waals surface area (Å²) in [6, 6.07) is 20.5. The van der Waals surface area contributed by atoms with E-state index in [1.807, 2.05) is 31.2 Å². The lowest BCUT2D eigenvalue weighted by Gasteiger charge is -2.33. The minimum Gasteiger partial charge on any atom is -0.480 e. The number of hydrogen-bond acceptors (Lipinski definition) is 3. The smallest absolute Gasteiger partial charge is 0.164 e. The molecule has 0 amide bonds. The topological polar surface area (TPSA) is 35.5 Å². The van der Waals surface area contributed by atoms with Crippen LogP contribution in [0.15, 0.2) is 60.7 Å². The SMILES string of the molecule is CCCc1cc(Oc2ccc(Cl)cc2)ccc1CCCCCc1ccc2c(c1)OC(C=O)(CC)CC2. The normalized spacial score (nSPS) is 16.8. The highest BCUT2D eigenvalue weighted by Crippen LogP contribution is 2.35. The lowest BCUT2D eigenvalue weighted by Crippen LogP contribution is -2.40. The molecule has 4 rings (SSSR count). The Morgan fingerprint density at radius 2 is 1.67 bits per heavy atom. The van der Waals surface area contributed by atoms with Gasteiger partial charge in [-0.25, -0.2) is 0 Å². The molecule has 1 aliphatic heterocycles. The number of rotatable bonds is 12. The zero-order valence-corrected chi connectivity index (χ0v) is 22.3. The van der Waals surface area contributed by atoms with E-state index in [9.17, 15) is 4.79 Å². The molecule has 0 aliphatic carbocycles. The maximum Gasteiger partial charge on any atom is 0.164 e. The Hall–Kier alpha value is -2.78. The van der Waals surface area contributed by atoms with Gasteiger partial charge < -0.3 is 9.47 Å². The van der Waals surface area contributed by atoms with Gasteiger partial charge in [0.1, 0.15) is 17.2 Å². The van der Waals surface area contributed by atoms with Crippen LogP contribution in [0.25, 0.3) is 0 Å². The summed E-state index contributed by atoms with van der Waals surface area (Å²) in [6.45, 7) is 4.24. The van der Waals surface area contributed by atoms with Crippen molar-refractivity contribution in [1.82, 2.24) is 0 Å². The van der Waals surface area contributed by atoms with E-state index in [2.05, 4.69) is 43.3 Å². The maximum absolute atomic E-state index is 11.6. The van der Waals surface area contributed by atoms with Crippen molar-refractivity contribution < 1.29 is 14.3 Å². The number of carbonyl (C=O) groups excluding carboxylic acids is 1. The van der Waals surface area contributed by atoms with Crippen LogP contribution in [-0.2, 0) is 30.5 Å². The molecule has 1 atom stereocenters. The summed E-state index contributed by atoms with van der Waals surface area (Å²) in [5.41, 5.74) is 4.67. The molecule has 0 bridgehead atoms. The highest BCUT2D eigenvalue weighted by atomic mass is 35.5. The molecule has 1 unspecified atom stereocenters. The number of aryl methyl sites for hydroxylation is 4. The first-order valence-electron chi connectivity index (χ1n) is 13.4. The van der Waals surface area contributed by atoms with Crippen LogP contribution in [0.4, 0.5) is 0 Å². The largest absolute Gasteiger partial charge is 0.480 e. The first-order valence-corrected chi connectivity index (χ1v) is 13.7. The van der Waals surface area contributed by atoms with Crippen molar-refractivity contribution in [3.05, 3.63) is 87.9 Å². The minimum absolute atomic E-state index is 0.642. The second-order valence-electron chi connectivity index (χ2n) is 9.88. The molecule has 1 aliphatic rings. The first kappa shape index (κ1) is 26.3. The van der Waals surface area contributed by atoms with Gasteiger partial charge >= 0.3 is 0 Å². The molecule has 3 nitrogen and oxygen atoms in total. The van der Waals surface area contributed by atoms with Gasteiger partial charge in [0, 0.05) is 5.02 Å². The molecular weight excluding hydrogens is 468 g/mol. The van der Waals surface area contributed by atoms with Crippen LogP contribution in [0.2, 0.25) is 5.02 Å². The number of hydrogen-bond donors (Lipinski definition) is 0. The maximum atomic E-state index is 11.6. The van der Waals surface area contributed by atoms with Crippen LogP contribution in [-0.4, -0.2) is 11.9 Å². The van der Waals surface area contributed by atoms with Crippen LogP contribution in [0.5, 0.6) is 17.2 Å². The average Bonchev–Trinajstić information content (AvgIpc) is 2.90. The van der Waals surface area contributed by atoms with E-state index >= 15 is 0 Å². The number of halogens is 1.